The van der Waals surface area contributed by atoms with E-state index in [1.807, 2.05) is 11.0 Å². The van der Waals surface area contributed by atoms with Gasteiger partial charge in [-0.15, -0.1) is 11.3 Å². The minimum atomic E-state index is 0.0383. The van der Waals surface area contributed by atoms with Gasteiger partial charge >= 0.3 is 0 Å². The monoisotopic (exact) mass is 377 g/mol. The molecule has 3 heterocycles. The summed E-state index contributed by atoms with van der Waals surface area (Å²) < 4.78 is 0. The summed E-state index contributed by atoms with van der Waals surface area (Å²) in [6.07, 6.45) is 4.17. The Labute approximate surface area is 163 Å². The molecule has 3 aromatic rings. The minimum Gasteiger partial charge on any atom is -0.397 e. The molecule has 138 valence electrons. The van der Waals surface area contributed by atoms with E-state index in [0.717, 1.165) is 36.0 Å². The predicted octanol–water partition coefficient (Wildman–Crippen LogP) is 4.20. The summed E-state index contributed by atoms with van der Waals surface area (Å²) in [7, 11) is 0. The van der Waals surface area contributed by atoms with E-state index >= 15 is 0 Å². The molecule has 5 rings (SSSR count). The fourth-order valence-corrected chi connectivity index (χ4v) is 5.41. The average Bonchev–Trinajstić information content (AvgIpc) is 3.01. The molecular weight excluding hydrogens is 354 g/mol. The SMILES string of the molecule is CC1CCc2nc3sc(C(=O)N4CCc5ccccc5C4)c(N)c3cc2C1. The molecule has 2 aliphatic rings. The lowest BCUT2D eigenvalue weighted by Crippen LogP contribution is -2.35. The molecule has 0 radical (unpaired) electrons. The molecule has 5 heteroatoms. The first-order valence-corrected chi connectivity index (χ1v) is 10.5. The van der Waals surface area contributed by atoms with Gasteiger partial charge in [0.1, 0.15) is 9.71 Å². The molecule has 1 amide bonds. The van der Waals surface area contributed by atoms with Crippen LogP contribution < -0.4 is 5.73 Å². The molecule has 4 nitrogen and oxygen atoms in total. The first-order valence-electron chi connectivity index (χ1n) is 9.67. The summed E-state index contributed by atoms with van der Waals surface area (Å²) in [5.74, 6) is 0.725. The number of carbonyl (C=O) groups is 1. The number of thiophene rings is 1. The molecule has 1 aliphatic carbocycles. The first-order chi connectivity index (χ1) is 13.1. The summed E-state index contributed by atoms with van der Waals surface area (Å²) >= 11 is 1.45. The minimum absolute atomic E-state index is 0.0383. The number of rotatable bonds is 1. The zero-order valence-corrected chi connectivity index (χ0v) is 16.3. The molecule has 1 aromatic carbocycles. The van der Waals surface area contributed by atoms with E-state index in [2.05, 4.69) is 31.2 Å². The van der Waals surface area contributed by atoms with Gasteiger partial charge in [0.05, 0.1) is 5.69 Å². The van der Waals surface area contributed by atoms with Crippen LogP contribution in [0.3, 0.4) is 0 Å². The van der Waals surface area contributed by atoms with Gasteiger partial charge in [-0.2, -0.15) is 0 Å². The van der Waals surface area contributed by atoms with E-state index < -0.39 is 0 Å². The van der Waals surface area contributed by atoms with Crippen LogP contribution in [0.4, 0.5) is 5.69 Å². The predicted molar refractivity (Wildman–Crippen MR) is 110 cm³/mol. The van der Waals surface area contributed by atoms with Crippen molar-refractivity contribution in [2.24, 2.45) is 5.92 Å². The van der Waals surface area contributed by atoms with Crippen LogP contribution in [-0.2, 0) is 25.8 Å². The van der Waals surface area contributed by atoms with Crippen molar-refractivity contribution in [2.75, 3.05) is 12.3 Å². The number of hydrogen-bond donors (Lipinski definition) is 1. The maximum Gasteiger partial charge on any atom is 0.266 e. The Balaban J connectivity index is 1.50. The Kier molecular flexibility index (Phi) is 3.93. The second kappa shape index (κ2) is 6.34. The highest BCUT2D eigenvalue weighted by atomic mass is 32.1. The first kappa shape index (κ1) is 16.8. The van der Waals surface area contributed by atoms with Gasteiger partial charge in [0.15, 0.2) is 0 Å². The third-order valence-corrected chi connectivity index (χ3v) is 7.05. The van der Waals surface area contributed by atoms with Crippen LogP contribution in [0.1, 0.15) is 45.4 Å². The molecule has 0 saturated heterocycles. The smallest absolute Gasteiger partial charge is 0.266 e. The number of benzene rings is 1. The largest absolute Gasteiger partial charge is 0.397 e. The van der Waals surface area contributed by atoms with Crippen molar-refractivity contribution in [3.63, 3.8) is 0 Å². The van der Waals surface area contributed by atoms with Crippen LogP contribution in [0.5, 0.6) is 0 Å². The van der Waals surface area contributed by atoms with Crippen LogP contribution in [0.25, 0.3) is 10.2 Å². The fraction of sp³-hybridized carbons (Fsp3) is 0.364. The molecule has 2 aromatic heterocycles. The number of fused-ring (bicyclic) bond motifs is 3. The molecule has 1 unspecified atom stereocenters. The Bertz CT molecular complexity index is 1060. The van der Waals surface area contributed by atoms with Gasteiger partial charge in [0.2, 0.25) is 0 Å². The van der Waals surface area contributed by atoms with Gasteiger partial charge < -0.3 is 10.6 Å². The molecule has 0 fully saturated rings. The molecule has 0 saturated carbocycles. The summed E-state index contributed by atoms with van der Waals surface area (Å²) in [5.41, 5.74) is 12.1. The Morgan fingerprint density at radius 1 is 1.22 bits per heavy atom. The summed E-state index contributed by atoms with van der Waals surface area (Å²) in [4.78, 5) is 21.5. The quantitative estimate of drug-likeness (QED) is 0.691. The number of nitrogens with two attached hydrogens (primary N) is 1. The Morgan fingerprint density at radius 2 is 2.04 bits per heavy atom. The van der Waals surface area contributed by atoms with E-state index in [1.54, 1.807) is 0 Å². The number of aromatic nitrogens is 1. The van der Waals surface area contributed by atoms with Gasteiger partial charge in [-0.05, 0) is 54.4 Å². The maximum absolute atomic E-state index is 13.2. The summed E-state index contributed by atoms with van der Waals surface area (Å²) in [6, 6.07) is 10.5. The van der Waals surface area contributed by atoms with Crippen LogP contribution in [0.2, 0.25) is 0 Å². The third kappa shape index (κ3) is 2.81. The van der Waals surface area contributed by atoms with E-state index in [-0.39, 0.29) is 5.91 Å². The van der Waals surface area contributed by atoms with Gasteiger partial charge in [-0.3, -0.25) is 4.79 Å². The number of nitrogen functional groups attached to an aromatic ring is 1. The van der Waals surface area contributed by atoms with Crippen molar-refractivity contribution < 1.29 is 4.79 Å². The second-order valence-electron chi connectivity index (χ2n) is 7.89. The van der Waals surface area contributed by atoms with Gasteiger partial charge in [-0.1, -0.05) is 31.2 Å². The van der Waals surface area contributed by atoms with E-state index in [1.165, 1.54) is 40.1 Å². The van der Waals surface area contributed by atoms with Crippen LogP contribution in [-0.4, -0.2) is 22.3 Å². The topological polar surface area (TPSA) is 59.2 Å². The third-order valence-electron chi connectivity index (χ3n) is 5.94. The standard InChI is InChI=1S/C22H23N3OS/c1-13-6-7-18-16(10-13)11-17-19(23)20(27-21(17)24-18)22(26)25-9-8-14-4-2-3-5-15(14)12-25/h2-5,11,13H,6-10,12,23H2,1H3. The lowest BCUT2D eigenvalue weighted by Gasteiger charge is -2.28. The fourth-order valence-electron chi connectivity index (χ4n) is 4.34. The molecule has 0 bridgehead atoms. The van der Waals surface area contributed by atoms with Crippen molar-refractivity contribution in [1.82, 2.24) is 9.88 Å². The molecule has 27 heavy (non-hydrogen) atoms. The summed E-state index contributed by atoms with van der Waals surface area (Å²) in [6.45, 7) is 3.68. The lowest BCUT2D eigenvalue weighted by molar-refractivity contribution is 0.0740. The van der Waals surface area contributed by atoms with Gasteiger partial charge in [0.25, 0.3) is 5.91 Å². The molecule has 1 atom stereocenters. The molecular formula is C22H23N3OS. The maximum atomic E-state index is 13.2. The van der Waals surface area contributed by atoms with Crippen molar-refractivity contribution in [1.29, 1.82) is 0 Å². The van der Waals surface area contributed by atoms with Crippen molar-refractivity contribution in [2.45, 2.75) is 39.2 Å². The van der Waals surface area contributed by atoms with E-state index in [4.69, 9.17) is 10.7 Å². The molecule has 0 spiro atoms. The number of pyridine rings is 1. The van der Waals surface area contributed by atoms with E-state index in [0.29, 0.717) is 23.0 Å². The number of hydrogen-bond acceptors (Lipinski definition) is 4. The van der Waals surface area contributed by atoms with Crippen molar-refractivity contribution >= 4 is 33.1 Å². The van der Waals surface area contributed by atoms with Crippen LogP contribution in [0, 0.1) is 5.92 Å². The lowest BCUT2D eigenvalue weighted by atomic mass is 9.87. The Hall–Kier alpha value is -2.40. The average molecular weight is 378 g/mol. The highest BCUT2D eigenvalue weighted by Crippen LogP contribution is 2.37. The normalized spacial score (nSPS) is 19.0. The number of nitrogens with zero attached hydrogens (tertiary/aromatic N) is 2. The van der Waals surface area contributed by atoms with Gasteiger partial charge in [0, 0.05) is 24.2 Å². The number of carbonyl (C=O) groups excluding carboxylic acids is 1. The van der Waals surface area contributed by atoms with E-state index in [9.17, 15) is 4.79 Å². The molecule has 1 aliphatic heterocycles. The zero-order chi connectivity index (χ0) is 18.5. The zero-order valence-electron chi connectivity index (χ0n) is 15.5. The van der Waals surface area contributed by atoms with Crippen molar-refractivity contribution in [3.05, 3.63) is 57.6 Å². The number of amides is 1. The Morgan fingerprint density at radius 3 is 2.89 bits per heavy atom. The highest BCUT2D eigenvalue weighted by Gasteiger charge is 2.27. The summed E-state index contributed by atoms with van der Waals surface area (Å²) in [5, 5.41) is 0.952. The van der Waals surface area contributed by atoms with Crippen molar-refractivity contribution in [3.8, 4) is 0 Å². The highest BCUT2D eigenvalue weighted by molar-refractivity contribution is 7.21. The number of aryl methyl sites for hydroxylation is 1. The number of anilines is 1. The van der Waals surface area contributed by atoms with Crippen LogP contribution >= 0.6 is 11.3 Å². The van der Waals surface area contributed by atoms with Crippen LogP contribution in [0.15, 0.2) is 30.3 Å². The molecule has 2 N–H and O–H groups in total. The second-order valence-corrected chi connectivity index (χ2v) is 8.88. The van der Waals surface area contributed by atoms with Gasteiger partial charge in [-0.25, -0.2) is 4.98 Å².